The van der Waals surface area contributed by atoms with Crippen molar-refractivity contribution in [3.8, 4) is 0 Å². The van der Waals surface area contributed by atoms with Crippen LogP contribution >= 0.6 is 23.1 Å². The summed E-state index contributed by atoms with van der Waals surface area (Å²) in [5.41, 5.74) is 1.36. The lowest BCUT2D eigenvalue weighted by atomic mass is 10.2. The van der Waals surface area contributed by atoms with Crippen LogP contribution in [-0.2, 0) is 18.7 Å². The molecule has 1 aliphatic rings. The molecule has 0 atom stereocenters. The quantitative estimate of drug-likeness (QED) is 0.575. The first-order chi connectivity index (χ1) is 14.6. The number of halogens is 1. The Balaban J connectivity index is 1.42. The number of carbonyl (C=O) groups excluding carboxylic acids is 1. The first kappa shape index (κ1) is 21.1. The lowest BCUT2D eigenvalue weighted by molar-refractivity contribution is 0.0959. The van der Waals surface area contributed by atoms with Gasteiger partial charge in [-0.15, -0.1) is 11.3 Å². The van der Waals surface area contributed by atoms with E-state index < -0.39 is 0 Å². The topological polar surface area (TPSA) is 64.0 Å². The highest BCUT2D eigenvalue weighted by atomic mass is 32.2. The van der Waals surface area contributed by atoms with Crippen LogP contribution in [0.5, 0.6) is 0 Å². The van der Waals surface area contributed by atoms with Gasteiger partial charge < -0.3 is 5.32 Å². The summed E-state index contributed by atoms with van der Waals surface area (Å²) in [6, 6.07) is 6.73. The van der Waals surface area contributed by atoms with Crippen LogP contribution in [0, 0.1) is 12.7 Å². The molecule has 1 N–H and O–H groups in total. The van der Waals surface area contributed by atoms with Gasteiger partial charge in [-0.25, -0.2) is 9.37 Å². The van der Waals surface area contributed by atoms with Crippen LogP contribution in [0.1, 0.15) is 45.9 Å². The predicted octanol–water partition coefficient (Wildman–Crippen LogP) is 4.30. The maximum absolute atomic E-state index is 13.6. The molecule has 3 heterocycles. The Labute approximate surface area is 182 Å². The van der Waals surface area contributed by atoms with Crippen molar-refractivity contribution < 1.29 is 9.18 Å². The zero-order chi connectivity index (χ0) is 21.1. The molecule has 0 bridgehead atoms. The average Bonchev–Trinajstić information content (AvgIpc) is 2.90. The third-order valence-electron chi connectivity index (χ3n) is 5.37. The molecule has 4 rings (SSSR count). The largest absolute Gasteiger partial charge is 0.351 e. The number of aromatic nitrogens is 2. The summed E-state index contributed by atoms with van der Waals surface area (Å²) in [5, 5.41) is 3.49. The minimum atomic E-state index is -0.202. The number of rotatable bonds is 6. The first-order valence-electron chi connectivity index (χ1n) is 10.2. The maximum Gasteiger partial charge on any atom is 0.262 e. The molecule has 0 fully saturated rings. The molecular weight excluding hydrogens is 421 g/mol. The Morgan fingerprint density at radius 1 is 1.30 bits per heavy atom. The van der Waals surface area contributed by atoms with E-state index in [9.17, 15) is 14.0 Å². The van der Waals surface area contributed by atoms with Crippen LogP contribution in [0.4, 0.5) is 4.39 Å². The van der Waals surface area contributed by atoms with E-state index in [4.69, 9.17) is 4.98 Å². The van der Waals surface area contributed by atoms with Gasteiger partial charge in [-0.1, -0.05) is 24.6 Å². The molecule has 0 unspecified atom stereocenters. The molecule has 0 aliphatic carbocycles. The maximum atomic E-state index is 13.6. The molecular formula is C22H24FN3O2S2. The van der Waals surface area contributed by atoms with Gasteiger partial charge in [-0.05, 0) is 37.0 Å². The molecule has 0 saturated carbocycles. The van der Waals surface area contributed by atoms with Crippen molar-refractivity contribution in [3.63, 3.8) is 0 Å². The van der Waals surface area contributed by atoms with Gasteiger partial charge in [-0.2, -0.15) is 11.8 Å². The van der Waals surface area contributed by atoms with Gasteiger partial charge in [-0.3, -0.25) is 14.2 Å². The second-order valence-electron chi connectivity index (χ2n) is 7.43. The minimum Gasteiger partial charge on any atom is -0.351 e. The molecule has 8 heteroatoms. The van der Waals surface area contributed by atoms with Crippen molar-refractivity contribution in [2.24, 2.45) is 0 Å². The number of nitrogens with one attached hydrogen (secondary N) is 1. The molecule has 0 spiro atoms. The summed E-state index contributed by atoms with van der Waals surface area (Å²) in [4.78, 5) is 31.6. The molecule has 1 aliphatic heterocycles. The van der Waals surface area contributed by atoms with Crippen molar-refractivity contribution in [1.82, 2.24) is 14.9 Å². The summed E-state index contributed by atoms with van der Waals surface area (Å²) >= 11 is 2.87. The number of benzene rings is 1. The molecule has 1 amide bonds. The molecule has 0 saturated heterocycles. The van der Waals surface area contributed by atoms with Crippen LogP contribution < -0.4 is 10.9 Å². The third-order valence-corrected chi connectivity index (χ3v) is 7.56. The Kier molecular flexibility index (Phi) is 6.53. The summed E-state index contributed by atoms with van der Waals surface area (Å²) < 4.78 is 15.4. The smallest absolute Gasteiger partial charge is 0.262 e. The number of fused-ring (bicyclic) bond motifs is 2. The second kappa shape index (κ2) is 9.31. The van der Waals surface area contributed by atoms with Gasteiger partial charge in [0.05, 0.1) is 10.3 Å². The summed E-state index contributed by atoms with van der Waals surface area (Å²) in [5.74, 6) is 1.70. The highest BCUT2D eigenvalue weighted by molar-refractivity contribution is 7.98. The molecule has 0 radical (unpaired) electrons. The number of nitrogens with zero attached hydrogens (tertiary/aromatic N) is 2. The van der Waals surface area contributed by atoms with Crippen molar-refractivity contribution in [2.45, 2.75) is 44.9 Å². The van der Waals surface area contributed by atoms with Gasteiger partial charge in [0.15, 0.2) is 0 Å². The molecule has 2 aromatic heterocycles. The number of hydrogen-bond donors (Lipinski definition) is 1. The van der Waals surface area contributed by atoms with Crippen LogP contribution in [0.15, 0.2) is 29.1 Å². The van der Waals surface area contributed by atoms with E-state index in [1.165, 1.54) is 17.4 Å². The van der Waals surface area contributed by atoms with Crippen molar-refractivity contribution in [2.75, 3.05) is 12.3 Å². The molecule has 1 aromatic carbocycles. The fourth-order valence-corrected chi connectivity index (χ4v) is 5.69. The SMILES string of the molecule is Cc1c(C(=O)NCCSCc2ccccc2F)sc2nc3n(c(=O)c12)CCCCC3. The number of amides is 1. The van der Waals surface area contributed by atoms with Crippen molar-refractivity contribution in [3.05, 3.63) is 62.3 Å². The van der Waals surface area contributed by atoms with E-state index in [0.29, 0.717) is 50.8 Å². The van der Waals surface area contributed by atoms with E-state index in [0.717, 1.165) is 31.5 Å². The van der Waals surface area contributed by atoms with Gasteiger partial charge in [0.2, 0.25) is 0 Å². The highest BCUT2D eigenvalue weighted by Gasteiger charge is 2.22. The Morgan fingerprint density at radius 2 is 2.13 bits per heavy atom. The predicted molar refractivity (Wildman–Crippen MR) is 121 cm³/mol. The van der Waals surface area contributed by atoms with Crippen molar-refractivity contribution >= 4 is 39.2 Å². The van der Waals surface area contributed by atoms with Crippen LogP contribution in [-0.4, -0.2) is 27.8 Å². The average molecular weight is 446 g/mol. The molecule has 3 aromatic rings. The Bertz CT molecular complexity index is 1140. The van der Waals surface area contributed by atoms with Crippen LogP contribution in [0.3, 0.4) is 0 Å². The number of thiophene rings is 1. The summed E-state index contributed by atoms with van der Waals surface area (Å²) in [7, 11) is 0. The standard InChI is InChI=1S/C22H24FN3O2S2/c1-14-18-21(25-17-9-3-2-6-11-26(17)22(18)28)30-19(14)20(27)24-10-12-29-13-15-7-4-5-8-16(15)23/h4-5,7-8H,2-3,6,9-13H2,1H3,(H,24,27). The lowest BCUT2D eigenvalue weighted by Gasteiger charge is -2.08. The van der Waals surface area contributed by atoms with Crippen molar-refractivity contribution in [1.29, 1.82) is 0 Å². The monoisotopic (exact) mass is 445 g/mol. The normalized spacial score (nSPS) is 13.8. The minimum absolute atomic E-state index is 0.0230. The van der Waals surface area contributed by atoms with Crippen LogP contribution in [0.2, 0.25) is 0 Å². The van der Waals surface area contributed by atoms with Crippen LogP contribution in [0.25, 0.3) is 10.2 Å². The van der Waals surface area contributed by atoms with Gasteiger partial charge in [0, 0.05) is 31.0 Å². The molecule has 158 valence electrons. The van der Waals surface area contributed by atoms with E-state index in [1.807, 2.05) is 13.0 Å². The summed E-state index contributed by atoms with van der Waals surface area (Å²) in [6.45, 7) is 3.01. The fourth-order valence-electron chi connectivity index (χ4n) is 3.74. The second-order valence-corrected chi connectivity index (χ2v) is 9.54. The number of aryl methyl sites for hydroxylation is 2. The van der Waals surface area contributed by atoms with Gasteiger partial charge >= 0.3 is 0 Å². The number of thioether (sulfide) groups is 1. The third kappa shape index (κ3) is 4.30. The summed E-state index contributed by atoms with van der Waals surface area (Å²) in [6.07, 6.45) is 3.95. The zero-order valence-corrected chi connectivity index (χ0v) is 18.5. The van der Waals surface area contributed by atoms with E-state index in [2.05, 4.69) is 5.32 Å². The zero-order valence-electron chi connectivity index (χ0n) is 16.9. The molecule has 5 nitrogen and oxygen atoms in total. The van der Waals surface area contributed by atoms with Gasteiger partial charge in [0.1, 0.15) is 16.5 Å². The number of hydrogen-bond acceptors (Lipinski definition) is 5. The lowest BCUT2D eigenvalue weighted by Crippen LogP contribution is -2.26. The van der Waals surface area contributed by atoms with E-state index in [1.54, 1.807) is 28.5 Å². The Hall–Kier alpha value is -2.19. The molecule has 30 heavy (non-hydrogen) atoms. The first-order valence-corrected chi connectivity index (χ1v) is 12.2. The van der Waals surface area contributed by atoms with E-state index in [-0.39, 0.29) is 17.3 Å². The van der Waals surface area contributed by atoms with E-state index >= 15 is 0 Å². The Morgan fingerprint density at radius 3 is 2.97 bits per heavy atom. The fraction of sp³-hybridized carbons (Fsp3) is 0.409. The van der Waals surface area contributed by atoms with Gasteiger partial charge in [0.25, 0.3) is 11.5 Å². The number of carbonyl (C=O) groups is 1. The highest BCUT2D eigenvalue weighted by Crippen LogP contribution is 2.28.